The summed E-state index contributed by atoms with van der Waals surface area (Å²) >= 11 is 3.37. The predicted molar refractivity (Wildman–Crippen MR) is 127 cm³/mol. The number of aryl methyl sites for hydroxylation is 1. The lowest BCUT2D eigenvalue weighted by Gasteiger charge is -2.47. The zero-order valence-electron chi connectivity index (χ0n) is 18.4. The molecule has 0 spiro atoms. The number of fused-ring (bicyclic) bond motifs is 1. The van der Waals surface area contributed by atoms with Crippen molar-refractivity contribution in [1.29, 1.82) is 0 Å². The Bertz CT molecular complexity index is 1110. The molecule has 1 atom stereocenters. The molecule has 0 saturated carbocycles. The summed E-state index contributed by atoms with van der Waals surface area (Å²) < 4.78 is 0.836. The fourth-order valence-electron chi connectivity index (χ4n) is 4.52. The van der Waals surface area contributed by atoms with E-state index in [-0.39, 0.29) is 17.4 Å². The minimum atomic E-state index is -0.0257. The van der Waals surface area contributed by atoms with Crippen LogP contribution in [0, 0.1) is 19.3 Å². The Balaban J connectivity index is 1.69. The van der Waals surface area contributed by atoms with Crippen molar-refractivity contribution >= 4 is 38.7 Å². The highest BCUT2D eigenvalue weighted by Gasteiger charge is 2.40. The average Bonchev–Trinajstić information content (AvgIpc) is 2.74. The topological polar surface area (TPSA) is 71.0 Å². The highest BCUT2D eigenvalue weighted by molar-refractivity contribution is 9.10. The fourth-order valence-corrected chi connectivity index (χ4v) is 4.72. The number of halogens is 1. The molecular formula is C24H28BrN5O. The van der Waals surface area contributed by atoms with Crippen molar-refractivity contribution in [2.45, 2.75) is 46.6 Å². The van der Waals surface area contributed by atoms with Gasteiger partial charge in [0.15, 0.2) is 0 Å². The van der Waals surface area contributed by atoms with Crippen molar-refractivity contribution in [3.8, 4) is 0 Å². The van der Waals surface area contributed by atoms with Crippen LogP contribution in [0.15, 0.2) is 41.1 Å². The van der Waals surface area contributed by atoms with Crippen LogP contribution in [0.4, 0.5) is 5.95 Å². The van der Waals surface area contributed by atoms with Gasteiger partial charge in [-0.15, -0.1) is 0 Å². The number of para-hydroxylation sites is 1. The number of nitrogens with zero attached hydrogens (tertiary/aromatic N) is 4. The number of hydrogen-bond donors (Lipinski definition) is 1. The van der Waals surface area contributed by atoms with E-state index in [1.807, 2.05) is 43.0 Å². The summed E-state index contributed by atoms with van der Waals surface area (Å²) in [4.78, 5) is 29.4. The predicted octanol–water partition coefficient (Wildman–Crippen LogP) is 5.15. The molecule has 1 saturated heterocycles. The molecule has 1 fully saturated rings. The van der Waals surface area contributed by atoms with Gasteiger partial charge >= 0.3 is 0 Å². The second kappa shape index (κ2) is 8.54. The van der Waals surface area contributed by atoms with Crippen molar-refractivity contribution in [1.82, 2.24) is 19.9 Å². The number of rotatable bonds is 4. The summed E-state index contributed by atoms with van der Waals surface area (Å²) in [6, 6.07) is 7.93. The van der Waals surface area contributed by atoms with Gasteiger partial charge in [-0.2, -0.15) is 0 Å². The molecule has 4 rings (SSSR count). The molecule has 7 heteroatoms. The molecule has 6 nitrogen and oxygen atoms in total. The molecular weight excluding hydrogens is 454 g/mol. The number of benzene rings is 1. The highest BCUT2D eigenvalue weighted by Crippen LogP contribution is 2.37. The molecule has 0 unspecified atom stereocenters. The molecule has 162 valence electrons. The van der Waals surface area contributed by atoms with Gasteiger partial charge in [-0.1, -0.05) is 32.0 Å². The molecule has 31 heavy (non-hydrogen) atoms. The van der Waals surface area contributed by atoms with E-state index in [1.54, 1.807) is 12.4 Å². The first-order valence-electron chi connectivity index (χ1n) is 10.7. The Kier molecular flexibility index (Phi) is 5.97. The summed E-state index contributed by atoms with van der Waals surface area (Å²) in [5, 5.41) is 4.27. The van der Waals surface area contributed by atoms with E-state index in [9.17, 15) is 4.79 Å². The van der Waals surface area contributed by atoms with Crippen LogP contribution in [0.2, 0.25) is 0 Å². The summed E-state index contributed by atoms with van der Waals surface area (Å²) in [5.41, 5.74) is 3.46. The van der Waals surface area contributed by atoms with Crippen molar-refractivity contribution in [3.05, 3.63) is 58.0 Å². The monoisotopic (exact) mass is 481 g/mol. The Hall–Kier alpha value is -2.54. The lowest BCUT2D eigenvalue weighted by atomic mass is 9.76. The van der Waals surface area contributed by atoms with E-state index in [2.05, 4.69) is 45.1 Å². The van der Waals surface area contributed by atoms with Crippen molar-refractivity contribution in [2.24, 2.45) is 5.41 Å². The number of carbonyl (C=O) groups excluding carboxylic acids is 1. The zero-order valence-corrected chi connectivity index (χ0v) is 20.0. The second-order valence-electron chi connectivity index (χ2n) is 8.93. The van der Waals surface area contributed by atoms with Crippen molar-refractivity contribution < 1.29 is 4.79 Å². The molecule has 3 heterocycles. The van der Waals surface area contributed by atoms with E-state index in [1.165, 1.54) is 0 Å². The van der Waals surface area contributed by atoms with Gasteiger partial charge in [-0.05, 0) is 59.7 Å². The van der Waals surface area contributed by atoms with E-state index in [4.69, 9.17) is 4.98 Å². The van der Waals surface area contributed by atoms with E-state index in [0.717, 1.165) is 51.6 Å². The molecule has 1 amide bonds. The maximum Gasteiger partial charge on any atom is 0.255 e. The third kappa shape index (κ3) is 4.28. The van der Waals surface area contributed by atoms with Gasteiger partial charge in [0.25, 0.3) is 5.91 Å². The van der Waals surface area contributed by atoms with Crippen LogP contribution in [0.3, 0.4) is 0 Å². The van der Waals surface area contributed by atoms with Gasteiger partial charge in [0.05, 0.1) is 21.6 Å². The number of piperidine rings is 1. The fraction of sp³-hybridized carbons (Fsp3) is 0.417. The standard InChI is InChI=1S/C24H28BrN5O/c1-15-16(2)29-19-9-6-5-8-18(19)21(15)22(31)30-11-7-10-24(3,4)20(30)14-28-23-26-12-17(25)13-27-23/h5-6,8-9,12-13,20H,7,10-11,14H2,1-4H3,(H,26,27,28)/t20-/m1/s1. The van der Waals surface area contributed by atoms with Gasteiger partial charge in [0, 0.05) is 36.6 Å². The van der Waals surface area contributed by atoms with Crippen LogP contribution in [0.25, 0.3) is 10.9 Å². The number of pyridine rings is 1. The smallest absolute Gasteiger partial charge is 0.255 e. The summed E-state index contributed by atoms with van der Waals surface area (Å²) in [6.45, 7) is 9.79. The second-order valence-corrected chi connectivity index (χ2v) is 9.84. The highest BCUT2D eigenvalue weighted by atomic mass is 79.9. The molecule has 0 bridgehead atoms. The molecule has 3 aromatic rings. The van der Waals surface area contributed by atoms with E-state index in [0.29, 0.717) is 12.5 Å². The number of likely N-dealkylation sites (tertiary alicyclic amines) is 1. The number of amides is 1. The molecule has 1 N–H and O–H groups in total. The Morgan fingerprint density at radius 2 is 1.94 bits per heavy atom. The quantitative estimate of drug-likeness (QED) is 0.557. The molecule has 1 aliphatic heterocycles. The Morgan fingerprint density at radius 1 is 1.23 bits per heavy atom. The lowest BCUT2D eigenvalue weighted by Crippen LogP contribution is -2.55. The number of aromatic nitrogens is 3. The van der Waals surface area contributed by atoms with E-state index < -0.39 is 0 Å². The molecule has 1 aromatic carbocycles. The van der Waals surface area contributed by atoms with Gasteiger partial charge in [0.2, 0.25) is 5.95 Å². The van der Waals surface area contributed by atoms with Gasteiger partial charge in [-0.3, -0.25) is 9.78 Å². The lowest BCUT2D eigenvalue weighted by molar-refractivity contribution is 0.0320. The van der Waals surface area contributed by atoms with Gasteiger partial charge in [-0.25, -0.2) is 9.97 Å². The minimum Gasteiger partial charge on any atom is -0.352 e. The SMILES string of the molecule is Cc1nc2ccccc2c(C(=O)N2CCCC(C)(C)[C@H]2CNc2ncc(Br)cn2)c1C. The summed E-state index contributed by atoms with van der Waals surface area (Å²) in [5.74, 6) is 0.647. The maximum absolute atomic E-state index is 14.0. The van der Waals surface area contributed by atoms with Crippen LogP contribution < -0.4 is 5.32 Å². The van der Waals surface area contributed by atoms with Crippen molar-refractivity contribution in [3.63, 3.8) is 0 Å². The third-order valence-electron chi connectivity index (χ3n) is 6.43. The van der Waals surface area contributed by atoms with Crippen LogP contribution in [0.1, 0.15) is 48.3 Å². The number of nitrogens with one attached hydrogen (secondary N) is 1. The largest absolute Gasteiger partial charge is 0.352 e. The number of carbonyl (C=O) groups is 1. The first-order valence-corrected chi connectivity index (χ1v) is 11.5. The molecule has 0 aliphatic carbocycles. The average molecular weight is 482 g/mol. The maximum atomic E-state index is 14.0. The number of hydrogen-bond acceptors (Lipinski definition) is 5. The first kappa shape index (κ1) is 21.7. The van der Waals surface area contributed by atoms with Crippen LogP contribution in [-0.2, 0) is 0 Å². The zero-order chi connectivity index (χ0) is 22.2. The molecule has 0 radical (unpaired) electrons. The van der Waals surface area contributed by atoms with Crippen LogP contribution >= 0.6 is 15.9 Å². The van der Waals surface area contributed by atoms with Gasteiger partial charge in [0.1, 0.15) is 0 Å². The normalized spacial score (nSPS) is 18.2. The first-order chi connectivity index (χ1) is 14.8. The van der Waals surface area contributed by atoms with Crippen LogP contribution in [0.5, 0.6) is 0 Å². The van der Waals surface area contributed by atoms with Crippen molar-refractivity contribution in [2.75, 3.05) is 18.4 Å². The minimum absolute atomic E-state index is 0.0210. The summed E-state index contributed by atoms with van der Waals surface area (Å²) in [7, 11) is 0. The Labute approximate surface area is 191 Å². The Morgan fingerprint density at radius 3 is 2.68 bits per heavy atom. The number of anilines is 1. The van der Waals surface area contributed by atoms with Gasteiger partial charge < -0.3 is 10.2 Å². The van der Waals surface area contributed by atoms with E-state index >= 15 is 0 Å². The third-order valence-corrected chi connectivity index (χ3v) is 6.84. The summed E-state index contributed by atoms with van der Waals surface area (Å²) in [6.07, 6.45) is 5.50. The molecule has 1 aliphatic rings. The van der Waals surface area contributed by atoms with Crippen LogP contribution in [-0.4, -0.2) is 44.9 Å². The molecule has 2 aromatic heterocycles.